The molecule has 1 saturated heterocycles. The van der Waals surface area contributed by atoms with Crippen molar-refractivity contribution < 1.29 is 4.39 Å². The monoisotopic (exact) mass is 453 g/mol. The van der Waals surface area contributed by atoms with Crippen LogP contribution in [0.15, 0.2) is 58.5 Å². The number of hydrogen-bond donors (Lipinski definition) is 0. The van der Waals surface area contributed by atoms with Crippen LogP contribution in [-0.2, 0) is 12.3 Å². The first-order valence-electron chi connectivity index (χ1n) is 10.7. The number of fused-ring (bicyclic) bond motifs is 3. The first-order valence-corrected chi connectivity index (χ1v) is 12.5. The van der Waals surface area contributed by atoms with E-state index in [0.717, 1.165) is 41.7 Å². The average molecular weight is 454 g/mol. The first kappa shape index (κ1) is 20.7. The van der Waals surface area contributed by atoms with Gasteiger partial charge in [0.15, 0.2) is 5.16 Å². The Labute approximate surface area is 188 Å². The Bertz CT molecular complexity index is 1280. The third-order valence-corrected chi connectivity index (χ3v) is 7.99. The van der Waals surface area contributed by atoms with Crippen LogP contribution < -0.4 is 5.56 Å². The van der Waals surface area contributed by atoms with Crippen LogP contribution in [0.5, 0.6) is 0 Å². The van der Waals surface area contributed by atoms with E-state index in [1.165, 1.54) is 42.0 Å². The van der Waals surface area contributed by atoms with Crippen molar-refractivity contribution in [2.75, 3.05) is 19.6 Å². The standard InChI is InChI=1S/C24H24FN3OS2/c25-19-10-3-1-8-17(19)16-30-24-26-21-18-9-2-4-11-20(18)31-22(21)23(29)28(24)15-7-14-27-12-5-6-13-27/h1-4,8-11H,5-7,12-16H2. The van der Waals surface area contributed by atoms with E-state index in [4.69, 9.17) is 4.98 Å². The maximum absolute atomic E-state index is 14.2. The molecule has 2 aromatic heterocycles. The molecule has 0 atom stereocenters. The highest BCUT2D eigenvalue weighted by Gasteiger charge is 2.18. The van der Waals surface area contributed by atoms with Gasteiger partial charge in [0.05, 0.1) is 5.52 Å². The number of nitrogens with zero attached hydrogens (tertiary/aromatic N) is 3. The van der Waals surface area contributed by atoms with Crippen LogP contribution in [0.3, 0.4) is 0 Å². The van der Waals surface area contributed by atoms with Gasteiger partial charge in [-0.25, -0.2) is 9.37 Å². The van der Waals surface area contributed by atoms with Gasteiger partial charge in [-0.15, -0.1) is 11.3 Å². The normalized spacial score (nSPS) is 14.7. The molecule has 1 aliphatic rings. The number of likely N-dealkylation sites (tertiary alicyclic amines) is 1. The molecular weight excluding hydrogens is 429 g/mol. The number of thiophene rings is 1. The second kappa shape index (κ2) is 9.10. The second-order valence-electron chi connectivity index (χ2n) is 7.91. The van der Waals surface area contributed by atoms with Crippen molar-refractivity contribution in [1.29, 1.82) is 0 Å². The fourth-order valence-electron chi connectivity index (χ4n) is 4.18. The summed E-state index contributed by atoms with van der Waals surface area (Å²) in [7, 11) is 0. The third kappa shape index (κ3) is 4.27. The SMILES string of the molecule is O=c1c2sc3ccccc3c2nc(SCc2ccccc2F)n1CCCN1CCCC1. The third-order valence-electron chi connectivity index (χ3n) is 5.82. The molecule has 0 amide bonds. The molecule has 3 heterocycles. The summed E-state index contributed by atoms with van der Waals surface area (Å²) in [6, 6.07) is 14.8. The Kier molecular flexibility index (Phi) is 6.07. The Morgan fingerprint density at radius 3 is 2.65 bits per heavy atom. The minimum absolute atomic E-state index is 0.0173. The van der Waals surface area contributed by atoms with Gasteiger partial charge in [0.25, 0.3) is 5.56 Å². The molecule has 31 heavy (non-hydrogen) atoms. The average Bonchev–Trinajstić information content (AvgIpc) is 3.43. The molecule has 7 heteroatoms. The molecule has 0 radical (unpaired) electrons. The Hall–Kier alpha value is -2.22. The number of halogens is 1. The van der Waals surface area contributed by atoms with Crippen molar-refractivity contribution in [3.8, 4) is 0 Å². The predicted octanol–water partition coefficient (Wildman–Crippen LogP) is 5.53. The fraction of sp³-hybridized carbons (Fsp3) is 0.333. The molecule has 2 aromatic carbocycles. The summed E-state index contributed by atoms with van der Waals surface area (Å²) in [4.78, 5) is 20.8. The van der Waals surface area contributed by atoms with Gasteiger partial charge < -0.3 is 4.90 Å². The van der Waals surface area contributed by atoms with E-state index < -0.39 is 0 Å². The van der Waals surface area contributed by atoms with Gasteiger partial charge in [-0.2, -0.15) is 0 Å². The van der Waals surface area contributed by atoms with Gasteiger partial charge in [-0.05, 0) is 56.6 Å². The fourth-order valence-corrected chi connectivity index (χ4v) is 6.27. The van der Waals surface area contributed by atoms with Crippen LogP contribution in [0.25, 0.3) is 20.3 Å². The topological polar surface area (TPSA) is 38.1 Å². The summed E-state index contributed by atoms with van der Waals surface area (Å²) >= 11 is 2.95. The number of benzene rings is 2. The van der Waals surface area contributed by atoms with Crippen molar-refractivity contribution >= 4 is 43.4 Å². The maximum Gasteiger partial charge on any atom is 0.272 e. The Balaban J connectivity index is 1.50. The smallest absolute Gasteiger partial charge is 0.272 e. The van der Waals surface area contributed by atoms with Crippen molar-refractivity contribution in [2.24, 2.45) is 0 Å². The van der Waals surface area contributed by atoms with Crippen molar-refractivity contribution in [1.82, 2.24) is 14.5 Å². The summed E-state index contributed by atoms with van der Waals surface area (Å²) in [6.45, 7) is 3.93. The number of rotatable bonds is 7. The molecule has 0 saturated carbocycles. The van der Waals surface area contributed by atoms with Crippen LogP contribution in [0, 0.1) is 5.82 Å². The Morgan fingerprint density at radius 2 is 1.81 bits per heavy atom. The van der Waals surface area contributed by atoms with Crippen LogP contribution in [0.1, 0.15) is 24.8 Å². The van der Waals surface area contributed by atoms with Crippen LogP contribution >= 0.6 is 23.1 Å². The summed E-state index contributed by atoms with van der Waals surface area (Å²) < 4.78 is 17.7. The lowest BCUT2D eigenvalue weighted by Gasteiger charge is -2.16. The first-order chi connectivity index (χ1) is 15.2. The highest BCUT2D eigenvalue weighted by Crippen LogP contribution is 2.32. The van der Waals surface area contributed by atoms with Crippen molar-refractivity contribution in [3.05, 3.63) is 70.3 Å². The summed E-state index contributed by atoms with van der Waals surface area (Å²) in [5.74, 6) is 0.221. The molecule has 1 fully saturated rings. The maximum atomic E-state index is 14.2. The minimum atomic E-state index is -0.222. The van der Waals surface area contributed by atoms with Gasteiger partial charge in [-0.1, -0.05) is 48.2 Å². The molecule has 4 nitrogen and oxygen atoms in total. The molecule has 0 unspecified atom stereocenters. The van der Waals surface area contributed by atoms with Gasteiger partial charge in [0.2, 0.25) is 0 Å². The molecule has 160 valence electrons. The van der Waals surface area contributed by atoms with Crippen LogP contribution in [-0.4, -0.2) is 34.1 Å². The molecule has 0 aliphatic carbocycles. The van der Waals surface area contributed by atoms with E-state index in [-0.39, 0.29) is 11.4 Å². The predicted molar refractivity (Wildman–Crippen MR) is 128 cm³/mol. The van der Waals surface area contributed by atoms with E-state index in [0.29, 0.717) is 27.7 Å². The minimum Gasteiger partial charge on any atom is -0.303 e. The largest absolute Gasteiger partial charge is 0.303 e. The van der Waals surface area contributed by atoms with Crippen molar-refractivity contribution in [3.63, 3.8) is 0 Å². The lowest BCUT2D eigenvalue weighted by atomic mass is 10.2. The quantitative estimate of drug-likeness (QED) is 0.272. The molecule has 0 spiro atoms. The van der Waals surface area contributed by atoms with E-state index in [2.05, 4.69) is 4.90 Å². The second-order valence-corrected chi connectivity index (χ2v) is 9.90. The zero-order valence-electron chi connectivity index (χ0n) is 17.2. The highest BCUT2D eigenvalue weighted by atomic mass is 32.2. The van der Waals surface area contributed by atoms with E-state index in [9.17, 15) is 9.18 Å². The number of aromatic nitrogens is 2. The summed E-state index contributed by atoms with van der Waals surface area (Å²) in [6.07, 6.45) is 3.43. The molecule has 0 N–H and O–H groups in total. The number of thioether (sulfide) groups is 1. The Morgan fingerprint density at radius 1 is 1.03 bits per heavy atom. The van der Waals surface area contributed by atoms with Crippen molar-refractivity contribution in [2.45, 2.75) is 36.7 Å². The summed E-state index contributed by atoms with van der Waals surface area (Å²) in [5.41, 5.74) is 1.40. The van der Waals surface area contributed by atoms with E-state index in [1.54, 1.807) is 16.7 Å². The summed E-state index contributed by atoms with van der Waals surface area (Å²) in [5, 5.41) is 1.68. The zero-order chi connectivity index (χ0) is 21.2. The van der Waals surface area contributed by atoms with Gasteiger partial charge in [-0.3, -0.25) is 9.36 Å². The molecule has 1 aliphatic heterocycles. The van der Waals surface area contributed by atoms with Crippen LogP contribution in [0.4, 0.5) is 4.39 Å². The molecule has 5 rings (SSSR count). The van der Waals surface area contributed by atoms with Crippen LogP contribution in [0.2, 0.25) is 0 Å². The number of hydrogen-bond acceptors (Lipinski definition) is 5. The van der Waals surface area contributed by atoms with Gasteiger partial charge >= 0.3 is 0 Å². The van der Waals surface area contributed by atoms with E-state index in [1.807, 2.05) is 30.3 Å². The van der Waals surface area contributed by atoms with E-state index >= 15 is 0 Å². The molecule has 4 aromatic rings. The molecule has 0 bridgehead atoms. The highest BCUT2D eigenvalue weighted by molar-refractivity contribution is 7.98. The van der Waals surface area contributed by atoms with Gasteiger partial charge in [0, 0.05) is 22.4 Å². The lowest BCUT2D eigenvalue weighted by Crippen LogP contribution is -2.26. The lowest BCUT2D eigenvalue weighted by molar-refractivity contribution is 0.321. The zero-order valence-corrected chi connectivity index (χ0v) is 18.9. The molecular formula is C24H24FN3OS2. The van der Waals surface area contributed by atoms with Gasteiger partial charge in [0.1, 0.15) is 10.5 Å².